The first kappa shape index (κ1) is 19.1. The summed E-state index contributed by atoms with van der Waals surface area (Å²) < 4.78 is 5.80. The lowest BCUT2D eigenvalue weighted by Gasteiger charge is -2.27. The number of benzene rings is 1. The first-order valence-corrected chi connectivity index (χ1v) is 9.84. The number of amides is 2. The Balaban J connectivity index is 1.26. The van der Waals surface area contributed by atoms with Crippen molar-refractivity contribution in [2.24, 2.45) is 11.8 Å². The fraction of sp³-hybridized carbons (Fsp3) is 0.619. The number of aliphatic hydroxyl groups is 1. The van der Waals surface area contributed by atoms with Crippen molar-refractivity contribution in [3.8, 4) is 0 Å². The molecule has 2 aliphatic rings. The average molecular weight is 359 g/mol. The highest BCUT2D eigenvalue weighted by Crippen LogP contribution is 2.28. The van der Waals surface area contributed by atoms with Crippen LogP contribution in [0.15, 0.2) is 24.3 Å². The van der Waals surface area contributed by atoms with Crippen LogP contribution in [0.2, 0.25) is 0 Å². The van der Waals surface area contributed by atoms with E-state index in [1.807, 2.05) is 0 Å². The van der Waals surface area contributed by atoms with Crippen LogP contribution in [0.25, 0.3) is 0 Å². The number of aliphatic hydroxyl groups excluding tert-OH is 1. The summed E-state index contributed by atoms with van der Waals surface area (Å²) in [6.45, 7) is 2.36. The van der Waals surface area contributed by atoms with Crippen LogP contribution in [0, 0.1) is 11.8 Å². The highest BCUT2D eigenvalue weighted by Gasteiger charge is 2.34. The number of ether oxygens (including phenoxy) is 1. The van der Waals surface area contributed by atoms with Gasteiger partial charge in [-0.15, -0.1) is 0 Å². The molecule has 0 atom stereocenters. The predicted octanol–water partition coefficient (Wildman–Crippen LogP) is 3.27. The van der Waals surface area contributed by atoms with E-state index in [9.17, 15) is 9.59 Å². The lowest BCUT2D eigenvalue weighted by Crippen LogP contribution is -2.30. The molecule has 3 rings (SSSR count). The standard InChI is InChI=1S/C21H29NO4/c23-14-16-8-10-17(11-9-16)15-26-13-5-1-4-12-22-20(24)18-6-2-3-7-19(18)21(22)25/h2-3,6-7,16-17,23H,1,4-5,8-15H2/t16-,17-. The van der Waals surface area contributed by atoms with Gasteiger partial charge in [-0.3, -0.25) is 14.5 Å². The fourth-order valence-electron chi connectivity index (χ4n) is 3.92. The second-order valence-electron chi connectivity index (χ2n) is 7.51. The van der Waals surface area contributed by atoms with Gasteiger partial charge < -0.3 is 9.84 Å². The molecule has 0 spiro atoms. The molecule has 142 valence electrons. The zero-order valence-corrected chi connectivity index (χ0v) is 15.4. The number of carbonyl (C=O) groups excluding carboxylic acids is 2. The van der Waals surface area contributed by atoms with Gasteiger partial charge in [-0.25, -0.2) is 0 Å². The minimum Gasteiger partial charge on any atom is -0.396 e. The van der Waals surface area contributed by atoms with Crippen LogP contribution in [0.3, 0.4) is 0 Å². The zero-order chi connectivity index (χ0) is 18.4. The third kappa shape index (κ3) is 4.51. The van der Waals surface area contributed by atoms with Crippen molar-refractivity contribution in [3.05, 3.63) is 35.4 Å². The van der Waals surface area contributed by atoms with E-state index in [0.29, 0.717) is 36.1 Å². The zero-order valence-electron chi connectivity index (χ0n) is 15.4. The highest BCUT2D eigenvalue weighted by molar-refractivity contribution is 6.21. The second-order valence-corrected chi connectivity index (χ2v) is 7.51. The Morgan fingerprint density at radius 2 is 1.54 bits per heavy atom. The molecule has 2 amide bonds. The van der Waals surface area contributed by atoms with Crippen LogP contribution in [0.5, 0.6) is 0 Å². The van der Waals surface area contributed by atoms with Gasteiger partial charge in [0.25, 0.3) is 11.8 Å². The molecule has 1 saturated carbocycles. The van der Waals surface area contributed by atoms with Crippen LogP contribution in [-0.2, 0) is 4.74 Å². The highest BCUT2D eigenvalue weighted by atomic mass is 16.5. The van der Waals surface area contributed by atoms with E-state index in [0.717, 1.165) is 58.2 Å². The minimum atomic E-state index is -0.166. The van der Waals surface area contributed by atoms with E-state index >= 15 is 0 Å². The van der Waals surface area contributed by atoms with Gasteiger partial charge in [-0.05, 0) is 68.9 Å². The van der Waals surface area contributed by atoms with Crippen molar-refractivity contribution < 1.29 is 19.4 Å². The van der Waals surface area contributed by atoms with Gasteiger partial charge in [0, 0.05) is 26.4 Å². The maximum atomic E-state index is 12.3. The van der Waals surface area contributed by atoms with E-state index in [-0.39, 0.29) is 11.8 Å². The molecule has 1 fully saturated rings. The number of carbonyl (C=O) groups is 2. The quantitative estimate of drug-likeness (QED) is 0.543. The number of rotatable bonds is 9. The van der Waals surface area contributed by atoms with Crippen LogP contribution >= 0.6 is 0 Å². The summed E-state index contributed by atoms with van der Waals surface area (Å²) in [7, 11) is 0. The van der Waals surface area contributed by atoms with Gasteiger partial charge in [-0.1, -0.05) is 12.1 Å². The first-order valence-electron chi connectivity index (χ1n) is 9.84. The summed E-state index contributed by atoms with van der Waals surface area (Å²) in [6, 6.07) is 7.02. The lowest BCUT2D eigenvalue weighted by molar-refractivity contribution is 0.0630. The molecule has 1 heterocycles. The van der Waals surface area contributed by atoms with Gasteiger partial charge in [-0.2, -0.15) is 0 Å². The summed E-state index contributed by atoms with van der Waals surface area (Å²) in [6.07, 6.45) is 7.27. The maximum Gasteiger partial charge on any atom is 0.261 e. The van der Waals surface area contributed by atoms with Crippen LogP contribution in [0.1, 0.15) is 65.7 Å². The largest absolute Gasteiger partial charge is 0.396 e. The molecule has 0 aromatic heterocycles. The van der Waals surface area contributed by atoms with Crippen molar-refractivity contribution in [3.63, 3.8) is 0 Å². The topological polar surface area (TPSA) is 66.8 Å². The number of hydrogen-bond acceptors (Lipinski definition) is 4. The van der Waals surface area contributed by atoms with Crippen molar-refractivity contribution in [2.45, 2.75) is 44.9 Å². The summed E-state index contributed by atoms with van der Waals surface area (Å²) in [4.78, 5) is 25.9. The maximum absolute atomic E-state index is 12.3. The molecule has 26 heavy (non-hydrogen) atoms. The predicted molar refractivity (Wildman–Crippen MR) is 99.0 cm³/mol. The molecule has 0 radical (unpaired) electrons. The molecule has 0 bridgehead atoms. The SMILES string of the molecule is O=C1c2ccccc2C(=O)N1CCCCCOC[C@H]1CC[C@H](CO)CC1. The van der Waals surface area contributed by atoms with Crippen LogP contribution in [0.4, 0.5) is 0 Å². The molecular formula is C21H29NO4. The Hall–Kier alpha value is -1.72. The fourth-order valence-corrected chi connectivity index (χ4v) is 3.92. The van der Waals surface area contributed by atoms with E-state index in [1.54, 1.807) is 24.3 Å². The number of imide groups is 1. The van der Waals surface area contributed by atoms with E-state index in [1.165, 1.54) is 4.90 Å². The van der Waals surface area contributed by atoms with E-state index < -0.39 is 0 Å². The van der Waals surface area contributed by atoms with Crippen molar-refractivity contribution >= 4 is 11.8 Å². The third-order valence-electron chi connectivity index (χ3n) is 5.63. The third-order valence-corrected chi connectivity index (χ3v) is 5.63. The molecule has 5 nitrogen and oxygen atoms in total. The number of hydrogen-bond donors (Lipinski definition) is 1. The Labute approximate surface area is 155 Å². The summed E-state index contributed by atoms with van der Waals surface area (Å²) >= 11 is 0. The molecule has 1 aliphatic carbocycles. The molecule has 1 aromatic rings. The van der Waals surface area contributed by atoms with Crippen molar-refractivity contribution in [1.29, 1.82) is 0 Å². The minimum absolute atomic E-state index is 0.166. The number of fused-ring (bicyclic) bond motifs is 1. The van der Waals surface area contributed by atoms with Crippen molar-refractivity contribution in [1.82, 2.24) is 4.90 Å². The van der Waals surface area contributed by atoms with Gasteiger partial charge in [0.05, 0.1) is 11.1 Å². The summed E-state index contributed by atoms with van der Waals surface area (Å²) in [5.41, 5.74) is 1.05. The Morgan fingerprint density at radius 1 is 0.923 bits per heavy atom. The summed E-state index contributed by atoms with van der Waals surface area (Å²) in [5.74, 6) is 0.796. The van der Waals surface area contributed by atoms with E-state index in [2.05, 4.69) is 0 Å². The number of unbranched alkanes of at least 4 members (excludes halogenated alkanes) is 2. The molecule has 1 aromatic carbocycles. The smallest absolute Gasteiger partial charge is 0.261 e. The lowest BCUT2D eigenvalue weighted by atomic mass is 9.83. The molecule has 5 heteroatoms. The molecule has 1 aliphatic heterocycles. The normalized spacial score (nSPS) is 22.7. The first-order chi connectivity index (χ1) is 12.7. The second kappa shape index (κ2) is 9.28. The van der Waals surface area contributed by atoms with Gasteiger partial charge in [0.2, 0.25) is 0 Å². The molecular weight excluding hydrogens is 330 g/mol. The Morgan fingerprint density at radius 3 is 2.15 bits per heavy atom. The van der Waals surface area contributed by atoms with Gasteiger partial charge in [0.15, 0.2) is 0 Å². The van der Waals surface area contributed by atoms with Crippen LogP contribution < -0.4 is 0 Å². The molecule has 1 N–H and O–H groups in total. The Kier molecular flexibility index (Phi) is 6.80. The number of nitrogens with zero attached hydrogens (tertiary/aromatic N) is 1. The molecule has 0 saturated heterocycles. The van der Waals surface area contributed by atoms with Gasteiger partial charge in [0.1, 0.15) is 0 Å². The monoisotopic (exact) mass is 359 g/mol. The van der Waals surface area contributed by atoms with Gasteiger partial charge >= 0.3 is 0 Å². The molecule has 0 unspecified atom stereocenters. The summed E-state index contributed by atoms with van der Waals surface area (Å²) in [5, 5.41) is 9.16. The van der Waals surface area contributed by atoms with Crippen LogP contribution in [-0.4, -0.2) is 48.2 Å². The Bertz CT molecular complexity index is 587. The van der Waals surface area contributed by atoms with Crippen molar-refractivity contribution in [2.75, 3.05) is 26.4 Å². The average Bonchev–Trinajstić information content (AvgIpc) is 2.92. The van der Waals surface area contributed by atoms with E-state index in [4.69, 9.17) is 9.84 Å².